The number of rotatable bonds is 8. The van der Waals surface area contributed by atoms with Crippen molar-refractivity contribution in [3.8, 4) is 6.07 Å². The number of hydrogen-bond acceptors (Lipinski definition) is 4. The van der Waals surface area contributed by atoms with Gasteiger partial charge in [-0.3, -0.25) is 4.79 Å². The highest BCUT2D eigenvalue weighted by Crippen LogP contribution is 2.05. The van der Waals surface area contributed by atoms with Gasteiger partial charge in [-0.15, -0.1) is 0 Å². The number of nitriles is 1. The smallest absolute Gasteiger partial charge is 0.331 e. The van der Waals surface area contributed by atoms with E-state index in [4.69, 9.17) is 10.00 Å². The Bertz CT molecular complexity index is 556. The standard InChI is InChI=1S/C17H20N2O3/c1-2-3-4-11-19-16(20)13-22-17(21)10-9-14-5-7-15(12-18)8-6-14/h5-10H,2-4,11,13H2,1H3,(H,19,20)/b10-9+. The third kappa shape index (κ3) is 7.25. The van der Waals surface area contributed by atoms with Crippen LogP contribution in [0.1, 0.15) is 37.3 Å². The lowest BCUT2D eigenvalue weighted by Crippen LogP contribution is -2.29. The molecule has 1 amide bonds. The molecule has 0 fully saturated rings. The second kappa shape index (κ2) is 10.2. The average molecular weight is 300 g/mol. The van der Waals surface area contributed by atoms with E-state index in [0.29, 0.717) is 12.1 Å². The van der Waals surface area contributed by atoms with Crippen LogP contribution in [0.15, 0.2) is 30.3 Å². The number of carbonyl (C=O) groups excluding carboxylic acids is 2. The number of ether oxygens (including phenoxy) is 1. The SMILES string of the molecule is CCCCCNC(=O)COC(=O)/C=C/c1ccc(C#N)cc1. The van der Waals surface area contributed by atoms with Gasteiger partial charge in [0.15, 0.2) is 6.61 Å². The molecular weight excluding hydrogens is 280 g/mol. The molecule has 1 rings (SSSR count). The topological polar surface area (TPSA) is 79.2 Å². The summed E-state index contributed by atoms with van der Waals surface area (Å²) in [6, 6.07) is 8.79. The summed E-state index contributed by atoms with van der Waals surface area (Å²) in [5.41, 5.74) is 1.33. The fourth-order valence-corrected chi connectivity index (χ4v) is 1.67. The third-order valence-electron chi connectivity index (χ3n) is 2.90. The molecule has 1 aromatic rings. The lowest BCUT2D eigenvalue weighted by molar-refractivity contribution is -0.143. The van der Waals surface area contributed by atoms with Gasteiger partial charge in [-0.25, -0.2) is 4.79 Å². The summed E-state index contributed by atoms with van der Waals surface area (Å²) in [5, 5.41) is 11.4. The predicted octanol–water partition coefficient (Wildman–Crippen LogP) is 2.42. The van der Waals surface area contributed by atoms with Crippen molar-refractivity contribution < 1.29 is 14.3 Å². The molecule has 0 bridgehead atoms. The highest BCUT2D eigenvalue weighted by molar-refractivity contribution is 5.89. The lowest BCUT2D eigenvalue weighted by atomic mass is 10.1. The van der Waals surface area contributed by atoms with E-state index in [2.05, 4.69) is 12.2 Å². The van der Waals surface area contributed by atoms with E-state index in [9.17, 15) is 9.59 Å². The van der Waals surface area contributed by atoms with Gasteiger partial charge < -0.3 is 10.1 Å². The highest BCUT2D eigenvalue weighted by Gasteiger charge is 2.04. The van der Waals surface area contributed by atoms with E-state index in [1.807, 2.05) is 6.07 Å². The van der Waals surface area contributed by atoms with Crippen molar-refractivity contribution in [3.63, 3.8) is 0 Å². The minimum Gasteiger partial charge on any atom is -0.452 e. The molecule has 0 unspecified atom stereocenters. The van der Waals surface area contributed by atoms with E-state index in [1.165, 1.54) is 6.08 Å². The van der Waals surface area contributed by atoms with Crippen LogP contribution in [0, 0.1) is 11.3 Å². The molecule has 0 saturated carbocycles. The number of esters is 1. The zero-order valence-electron chi connectivity index (χ0n) is 12.7. The van der Waals surface area contributed by atoms with Crippen LogP contribution in [0.5, 0.6) is 0 Å². The van der Waals surface area contributed by atoms with Crippen LogP contribution in [0.3, 0.4) is 0 Å². The van der Waals surface area contributed by atoms with Crippen LogP contribution >= 0.6 is 0 Å². The number of unbranched alkanes of at least 4 members (excludes halogenated alkanes) is 2. The van der Waals surface area contributed by atoms with E-state index < -0.39 is 5.97 Å². The maximum atomic E-state index is 11.5. The molecule has 116 valence electrons. The van der Waals surface area contributed by atoms with Gasteiger partial charge in [0.2, 0.25) is 0 Å². The Morgan fingerprint density at radius 2 is 2.00 bits per heavy atom. The number of nitrogens with zero attached hydrogens (tertiary/aromatic N) is 1. The normalized spacial score (nSPS) is 10.2. The number of amides is 1. The number of benzene rings is 1. The molecule has 0 atom stereocenters. The Kier molecular flexibility index (Phi) is 8.06. The number of hydrogen-bond donors (Lipinski definition) is 1. The highest BCUT2D eigenvalue weighted by atomic mass is 16.5. The molecular formula is C17H20N2O3. The fourth-order valence-electron chi connectivity index (χ4n) is 1.67. The number of carbonyl (C=O) groups is 2. The Labute approximate surface area is 130 Å². The monoisotopic (exact) mass is 300 g/mol. The summed E-state index contributed by atoms with van der Waals surface area (Å²) < 4.78 is 4.84. The van der Waals surface area contributed by atoms with E-state index in [-0.39, 0.29) is 12.5 Å². The van der Waals surface area contributed by atoms with Crippen molar-refractivity contribution in [1.29, 1.82) is 5.26 Å². The molecule has 5 nitrogen and oxygen atoms in total. The van der Waals surface area contributed by atoms with Gasteiger partial charge >= 0.3 is 5.97 Å². The van der Waals surface area contributed by atoms with Gasteiger partial charge in [0.25, 0.3) is 5.91 Å². The van der Waals surface area contributed by atoms with Crippen molar-refractivity contribution in [3.05, 3.63) is 41.5 Å². The van der Waals surface area contributed by atoms with Gasteiger partial charge in [0.1, 0.15) is 0 Å². The van der Waals surface area contributed by atoms with Crippen molar-refractivity contribution in [1.82, 2.24) is 5.32 Å². The Hall–Kier alpha value is -2.61. The third-order valence-corrected chi connectivity index (χ3v) is 2.90. The Balaban J connectivity index is 2.28. The maximum absolute atomic E-state index is 11.5. The van der Waals surface area contributed by atoms with Crippen molar-refractivity contribution in [2.45, 2.75) is 26.2 Å². The first-order chi connectivity index (χ1) is 10.7. The summed E-state index contributed by atoms with van der Waals surface area (Å²) >= 11 is 0. The van der Waals surface area contributed by atoms with Crippen LogP contribution in [0.4, 0.5) is 0 Å². The van der Waals surface area contributed by atoms with Crippen LogP contribution in [-0.2, 0) is 14.3 Å². The molecule has 1 N–H and O–H groups in total. The first-order valence-corrected chi connectivity index (χ1v) is 7.27. The molecule has 0 aliphatic heterocycles. The zero-order chi connectivity index (χ0) is 16.2. The molecule has 0 aromatic heterocycles. The van der Waals surface area contributed by atoms with Crippen LogP contribution in [0.2, 0.25) is 0 Å². The fraction of sp³-hybridized carbons (Fsp3) is 0.353. The second-order valence-corrected chi connectivity index (χ2v) is 4.73. The van der Waals surface area contributed by atoms with Gasteiger partial charge in [0.05, 0.1) is 11.6 Å². The molecule has 0 aliphatic rings. The molecule has 1 aromatic carbocycles. The molecule has 0 heterocycles. The van der Waals surface area contributed by atoms with Crippen LogP contribution < -0.4 is 5.32 Å². The second-order valence-electron chi connectivity index (χ2n) is 4.73. The Morgan fingerprint density at radius 3 is 2.64 bits per heavy atom. The zero-order valence-corrected chi connectivity index (χ0v) is 12.7. The van der Waals surface area contributed by atoms with Gasteiger partial charge in [-0.1, -0.05) is 31.9 Å². The predicted molar refractivity (Wildman–Crippen MR) is 83.7 cm³/mol. The van der Waals surface area contributed by atoms with Gasteiger partial charge in [-0.2, -0.15) is 5.26 Å². The largest absolute Gasteiger partial charge is 0.452 e. The molecule has 0 saturated heterocycles. The molecule has 5 heteroatoms. The van der Waals surface area contributed by atoms with Crippen molar-refractivity contribution in [2.75, 3.05) is 13.2 Å². The lowest BCUT2D eigenvalue weighted by Gasteiger charge is -2.04. The van der Waals surface area contributed by atoms with E-state index in [1.54, 1.807) is 30.3 Å². The van der Waals surface area contributed by atoms with Crippen LogP contribution in [0.25, 0.3) is 6.08 Å². The van der Waals surface area contributed by atoms with Crippen molar-refractivity contribution in [2.24, 2.45) is 0 Å². The summed E-state index contributed by atoms with van der Waals surface area (Å²) in [6.45, 7) is 2.41. The number of nitrogens with one attached hydrogen (secondary N) is 1. The minimum atomic E-state index is -0.576. The molecule has 0 radical (unpaired) electrons. The first kappa shape index (κ1) is 17.4. The van der Waals surface area contributed by atoms with E-state index in [0.717, 1.165) is 24.8 Å². The minimum absolute atomic E-state index is 0.275. The summed E-state index contributed by atoms with van der Waals surface area (Å²) in [4.78, 5) is 22.9. The van der Waals surface area contributed by atoms with Crippen molar-refractivity contribution >= 4 is 18.0 Å². The summed E-state index contributed by atoms with van der Waals surface area (Å²) in [5.74, 6) is -0.871. The van der Waals surface area contributed by atoms with E-state index >= 15 is 0 Å². The quantitative estimate of drug-likeness (QED) is 0.454. The van der Waals surface area contributed by atoms with Gasteiger partial charge in [-0.05, 0) is 30.2 Å². The molecule has 22 heavy (non-hydrogen) atoms. The molecule has 0 spiro atoms. The Morgan fingerprint density at radius 1 is 1.27 bits per heavy atom. The maximum Gasteiger partial charge on any atom is 0.331 e. The summed E-state index contributed by atoms with van der Waals surface area (Å²) in [6.07, 6.45) is 5.90. The average Bonchev–Trinajstić information content (AvgIpc) is 2.55. The summed E-state index contributed by atoms with van der Waals surface area (Å²) in [7, 11) is 0. The first-order valence-electron chi connectivity index (χ1n) is 7.27. The van der Waals surface area contributed by atoms with Crippen LogP contribution in [-0.4, -0.2) is 25.0 Å². The molecule has 0 aliphatic carbocycles. The van der Waals surface area contributed by atoms with Gasteiger partial charge in [0, 0.05) is 12.6 Å².